The fourth-order valence-corrected chi connectivity index (χ4v) is 2.24. The van der Waals surface area contributed by atoms with Gasteiger partial charge in [0.15, 0.2) is 0 Å². The second-order valence-electron chi connectivity index (χ2n) is 5.95. The van der Waals surface area contributed by atoms with E-state index in [-0.39, 0.29) is 6.04 Å². The first-order valence-electron chi connectivity index (χ1n) is 6.48. The minimum absolute atomic E-state index is 0.242. The van der Waals surface area contributed by atoms with E-state index < -0.39 is 17.8 Å². The Morgan fingerprint density at radius 1 is 1.39 bits per heavy atom. The van der Waals surface area contributed by atoms with Crippen LogP contribution < -0.4 is 5.32 Å². The van der Waals surface area contributed by atoms with E-state index in [2.05, 4.69) is 5.32 Å². The molecule has 1 aliphatic rings. The zero-order valence-electron chi connectivity index (χ0n) is 11.7. The molecule has 0 radical (unpaired) electrons. The third kappa shape index (κ3) is 5.23. The number of aliphatic hydroxyl groups is 1. The molecule has 0 aliphatic heterocycles. The van der Waals surface area contributed by atoms with Crippen LogP contribution in [0.4, 0.5) is 4.79 Å². The number of amides is 1. The predicted octanol–water partition coefficient (Wildman–Crippen LogP) is 1.69. The molecule has 5 heteroatoms. The monoisotopic (exact) mass is 259 g/mol. The lowest BCUT2D eigenvalue weighted by Gasteiger charge is -2.34. The van der Waals surface area contributed by atoms with E-state index in [4.69, 9.17) is 9.47 Å². The average molecular weight is 259 g/mol. The number of ether oxygens (including phenoxy) is 2. The molecule has 3 atom stereocenters. The van der Waals surface area contributed by atoms with Gasteiger partial charge in [0, 0.05) is 13.7 Å². The summed E-state index contributed by atoms with van der Waals surface area (Å²) in [5.41, 5.74) is -0.518. The molecule has 106 valence electrons. The molecule has 0 saturated heterocycles. The zero-order chi connectivity index (χ0) is 13.8. The molecule has 0 spiro atoms. The number of alkyl carbamates (subject to hydrolysis) is 1. The molecule has 0 aromatic carbocycles. The number of nitrogens with one attached hydrogen (secondary N) is 1. The van der Waals surface area contributed by atoms with E-state index in [1.807, 2.05) is 20.8 Å². The van der Waals surface area contributed by atoms with E-state index in [0.29, 0.717) is 18.9 Å². The number of hydrogen-bond donors (Lipinski definition) is 2. The number of carbonyl (C=O) groups excluding carboxylic acids is 1. The number of methoxy groups -OCH3 is 1. The molecule has 0 aromatic rings. The Labute approximate surface area is 109 Å². The fourth-order valence-electron chi connectivity index (χ4n) is 2.24. The van der Waals surface area contributed by atoms with Crippen molar-refractivity contribution in [2.24, 2.45) is 5.92 Å². The van der Waals surface area contributed by atoms with Gasteiger partial charge in [-0.1, -0.05) is 0 Å². The summed E-state index contributed by atoms with van der Waals surface area (Å²) in [4.78, 5) is 11.7. The van der Waals surface area contributed by atoms with Crippen LogP contribution in [-0.2, 0) is 9.47 Å². The maximum Gasteiger partial charge on any atom is 0.407 e. The summed E-state index contributed by atoms with van der Waals surface area (Å²) in [6.07, 6.45) is 1.39. The molecule has 18 heavy (non-hydrogen) atoms. The summed E-state index contributed by atoms with van der Waals surface area (Å²) in [6, 6.07) is -0.242. The van der Waals surface area contributed by atoms with Crippen LogP contribution in [0.5, 0.6) is 0 Å². The molecule has 1 saturated carbocycles. The van der Waals surface area contributed by atoms with Crippen LogP contribution in [0.25, 0.3) is 0 Å². The minimum atomic E-state index is -0.518. The zero-order valence-corrected chi connectivity index (χ0v) is 11.7. The van der Waals surface area contributed by atoms with E-state index >= 15 is 0 Å². The summed E-state index contributed by atoms with van der Waals surface area (Å²) in [5, 5.41) is 12.6. The van der Waals surface area contributed by atoms with Crippen LogP contribution in [0.2, 0.25) is 0 Å². The third-order valence-electron chi connectivity index (χ3n) is 3.03. The highest BCUT2D eigenvalue weighted by molar-refractivity contribution is 5.68. The highest BCUT2D eigenvalue weighted by Gasteiger charge is 2.31. The standard InChI is InChI=1S/C13H25NO4/c1-13(2,3)18-12(16)14-10-7-9(8-17-4)5-6-11(10)15/h9-11,15H,5-8H2,1-4H3,(H,14,16). The Hall–Kier alpha value is -0.810. The molecule has 2 N–H and O–H groups in total. The summed E-state index contributed by atoms with van der Waals surface area (Å²) in [6.45, 7) is 6.12. The number of aliphatic hydroxyl groups excluding tert-OH is 1. The van der Waals surface area contributed by atoms with Crippen LogP contribution >= 0.6 is 0 Å². The van der Waals surface area contributed by atoms with E-state index in [9.17, 15) is 9.90 Å². The van der Waals surface area contributed by atoms with E-state index in [0.717, 1.165) is 12.8 Å². The van der Waals surface area contributed by atoms with Gasteiger partial charge < -0.3 is 19.9 Å². The van der Waals surface area contributed by atoms with Crippen molar-refractivity contribution in [3.05, 3.63) is 0 Å². The summed E-state index contributed by atoms with van der Waals surface area (Å²) < 4.78 is 10.3. The second-order valence-corrected chi connectivity index (χ2v) is 5.95. The van der Waals surface area contributed by atoms with Gasteiger partial charge in [0.2, 0.25) is 0 Å². The Morgan fingerprint density at radius 3 is 2.61 bits per heavy atom. The van der Waals surface area contributed by atoms with Crippen LogP contribution in [0.3, 0.4) is 0 Å². The Bertz CT molecular complexity index is 275. The highest BCUT2D eigenvalue weighted by Crippen LogP contribution is 2.25. The largest absolute Gasteiger partial charge is 0.444 e. The molecule has 0 aromatic heterocycles. The van der Waals surface area contributed by atoms with Crippen molar-refractivity contribution in [1.82, 2.24) is 5.32 Å². The third-order valence-corrected chi connectivity index (χ3v) is 3.03. The van der Waals surface area contributed by atoms with Crippen LogP contribution in [0, 0.1) is 5.92 Å². The first kappa shape index (κ1) is 15.2. The minimum Gasteiger partial charge on any atom is -0.444 e. The Kier molecular flexibility index (Phi) is 5.41. The van der Waals surface area contributed by atoms with E-state index in [1.165, 1.54) is 0 Å². The van der Waals surface area contributed by atoms with Gasteiger partial charge in [-0.15, -0.1) is 0 Å². The maximum absolute atomic E-state index is 11.7. The summed E-state index contributed by atoms with van der Waals surface area (Å²) in [5.74, 6) is 0.387. The van der Waals surface area contributed by atoms with Crippen LogP contribution in [-0.4, -0.2) is 42.7 Å². The molecule has 1 aliphatic carbocycles. The van der Waals surface area contributed by atoms with Crippen molar-refractivity contribution < 1.29 is 19.4 Å². The van der Waals surface area contributed by atoms with Gasteiger partial charge in [-0.3, -0.25) is 0 Å². The molecule has 1 rings (SSSR count). The van der Waals surface area contributed by atoms with Gasteiger partial charge in [0.05, 0.1) is 12.1 Å². The van der Waals surface area contributed by atoms with Crippen molar-refractivity contribution in [3.8, 4) is 0 Å². The normalized spacial score (nSPS) is 28.8. The smallest absolute Gasteiger partial charge is 0.407 e. The molecular weight excluding hydrogens is 234 g/mol. The second kappa shape index (κ2) is 6.38. The number of rotatable bonds is 3. The molecule has 0 bridgehead atoms. The molecule has 0 heterocycles. The van der Waals surface area contributed by atoms with Crippen molar-refractivity contribution in [2.45, 2.75) is 57.8 Å². The highest BCUT2D eigenvalue weighted by atomic mass is 16.6. The molecular formula is C13H25NO4. The van der Waals surface area contributed by atoms with Gasteiger partial charge in [-0.25, -0.2) is 4.79 Å². The number of hydrogen-bond acceptors (Lipinski definition) is 4. The van der Waals surface area contributed by atoms with Crippen molar-refractivity contribution in [1.29, 1.82) is 0 Å². The molecule has 3 unspecified atom stereocenters. The number of carbonyl (C=O) groups is 1. The van der Waals surface area contributed by atoms with Gasteiger partial charge in [0.1, 0.15) is 5.60 Å². The van der Waals surface area contributed by atoms with Crippen molar-refractivity contribution >= 4 is 6.09 Å². The van der Waals surface area contributed by atoms with Crippen molar-refractivity contribution in [3.63, 3.8) is 0 Å². The van der Waals surface area contributed by atoms with Gasteiger partial charge >= 0.3 is 6.09 Å². The lowest BCUT2D eigenvalue weighted by Crippen LogP contribution is -2.49. The van der Waals surface area contributed by atoms with E-state index in [1.54, 1.807) is 7.11 Å². The van der Waals surface area contributed by atoms with Gasteiger partial charge in [-0.2, -0.15) is 0 Å². The lowest BCUT2D eigenvalue weighted by molar-refractivity contribution is 0.0217. The first-order valence-corrected chi connectivity index (χ1v) is 6.48. The maximum atomic E-state index is 11.7. The summed E-state index contributed by atoms with van der Waals surface area (Å²) >= 11 is 0. The van der Waals surface area contributed by atoms with Gasteiger partial charge in [0.25, 0.3) is 0 Å². The van der Waals surface area contributed by atoms with Crippen molar-refractivity contribution in [2.75, 3.05) is 13.7 Å². The summed E-state index contributed by atoms with van der Waals surface area (Å²) in [7, 11) is 1.67. The van der Waals surface area contributed by atoms with Gasteiger partial charge in [-0.05, 0) is 46.0 Å². The molecule has 1 amide bonds. The molecule has 1 fully saturated rings. The average Bonchev–Trinajstić information content (AvgIpc) is 2.20. The lowest BCUT2D eigenvalue weighted by atomic mass is 9.84. The first-order chi connectivity index (χ1) is 8.31. The van der Waals surface area contributed by atoms with Crippen LogP contribution in [0.15, 0.2) is 0 Å². The topological polar surface area (TPSA) is 67.8 Å². The SMILES string of the molecule is COCC1CCC(O)C(NC(=O)OC(C)(C)C)C1. The fraction of sp³-hybridized carbons (Fsp3) is 0.923. The van der Waals surface area contributed by atoms with Crippen LogP contribution in [0.1, 0.15) is 40.0 Å². The Morgan fingerprint density at radius 2 is 2.06 bits per heavy atom. The Balaban J connectivity index is 2.45. The predicted molar refractivity (Wildman–Crippen MR) is 68.4 cm³/mol. The molecule has 5 nitrogen and oxygen atoms in total. The quantitative estimate of drug-likeness (QED) is 0.809.